The van der Waals surface area contributed by atoms with Crippen LogP contribution in [0.5, 0.6) is 0 Å². The number of benzene rings is 3. The summed E-state index contributed by atoms with van der Waals surface area (Å²) in [6.07, 6.45) is 1.69. The number of fused-ring (bicyclic) bond motifs is 6. The Morgan fingerprint density at radius 3 is 2.41 bits per heavy atom. The summed E-state index contributed by atoms with van der Waals surface area (Å²) in [5.41, 5.74) is 8.02. The summed E-state index contributed by atoms with van der Waals surface area (Å²) in [4.78, 5) is 14.2. The van der Waals surface area contributed by atoms with Crippen molar-refractivity contribution in [1.82, 2.24) is 15.0 Å². The first-order chi connectivity index (χ1) is 16.2. The molecule has 0 aliphatic rings. The number of furan rings is 1. The zero-order valence-electron chi connectivity index (χ0n) is 20.4. The molecule has 34 heavy (non-hydrogen) atoms. The van der Waals surface area contributed by atoms with Gasteiger partial charge in [-0.05, 0) is 56.0 Å². The average Bonchev–Trinajstić information content (AvgIpc) is 3.14. The van der Waals surface area contributed by atoms with Crippen LogP contribution in [0, 0.1) is 20.8 Å². The molecule has 3 aromatic heterocycles. The van der Waals surface area contributed by atoms with E-state index < -0.39 is 8.07 Å². The van der Waals surface area contributed by atoms with Gasteiger partial charge in [-0.3, -0.25) is 0 Å². The van der Waals surface area contributed by atoms with Crippen molar-refractivity contribution in [1.29, 1.82) is 0 Å². The molecule has 6 rings (SSSR count). The first-order valence-corrected chi connectivity index (χ1v) is 15.2. The number of aromatic nitrogens is 3. The van der Waals surface area contributed by atoms with E-state index in [9.17, 15) is 0 Å². The van der Waals surface area contributed by atoms with E-state index >= 15 is 0 Å². The highest BCUT2D eigenvalue weighted by atomic mass is 28.3. The molecule has 0 aliphatic heterocycles. The molecular formula is C29H27N3OSi. The van der Waals surface area contributed by atoms with Gasteiger partial charge in [0.15, 0.2) is 0 Å². The minimum absolute atomic E-state index is 0.664. The van der Waals surface area contributed by atoms with Crippen LogP contribution < -0.4 is 5.19 Å². The van der Waals surface area contributed by atoms with Gasteiger partial charge in [0.2, 0.25) is 5.71 Å². The Bertz CT molecular complexity index is 1780. The Morgan fingerprint density at radius 1 is 0.824 bits per heavy atom. The smallest absolute Gasteiger partial charge is 0.227 e. The van der Waals surface area contributed by atoms with Gasteiger partial charge in [-0.25, -0.2) is 15.0 Å². The lowest BCUT2D eigenvalue weighted by atomic mass is 9.96. The molecule has 0 unspecified atom stereocenters. The van der Waals surface area contributed by atoms with Gasteiger partial charge in [0.25, 0.3) is 0 Å². The average molecular weight is 462 g/mol. The topological polar surface area (TPSA) is 51.8 Å². The maximum absolute atomic E-state index is 6.29. The molecule has 0 fully saturated rings. The van der Waals surface area contributed by atoms with E-state index in [1.54, 1.807) is 6.33 Å². The lowest BCUT2D eigenvalue weighted by Gasteiger charge is -2.24. The summed E-state index contributed by atoms with van der Waals surface area (Å²) in [5.74, 6) is 0. The van der Waals surface area contributed by atoms with Crippen LogP contribution in [-0.4, -0.2) is 23.0 Å². The maximum atomic E-state index is 6.29. The zero-order chi connectivity index (χ0) is 23.8. The molecule has 0 atom stereocenters. The van der Waals surface area contributed by atoms with Gasteiger partial charge in [0.05, 0.1) is 19.3 Å². The van der Waals surface area contributed by atoms with Crippen LogP contribution >= 0.6 is 0 Å². The van der Waals surface area contributed by atoms with E-state index in [0.29, 0.717) is 5.71 Å². The van der Waals surface area contributed by atoms with Gasteiger partial charge in [0, 0.05) is 32.8 Å². The van der Waals surface area contributed by atoms with Crippen LogP contribution in [0.4, 0.5) is 0 Å². The summed E-state index contributed by atoms with van der Waals surface area (Å²) >= 11 is 0. The summed E-state index contributed by atoms with van der Waals surface area (Å²) in [5, 5.41) is 7.11. The van der Waals surface area contributed by atoms with Crippen molar-refractivity contribution in [3.05, 3.63) is 71.7 Å². The number of aryl methyl sites for hydroxylation is 3. The van der Waals surface area contributed by atoms with Crippen LogP contribution in [0.2, 0.25) is 19.6 Å². The lowest BCUT2D eigenvalue weighted by Crippen LogP contribution is -2.41. The molecule has 0 bridgehead atoms. The maximum Gasteiger partial charge on any atom is 0.227 e. The van der Waals surface area contributed by atoms with Crippen LogP contribution in [0.25, 0.3) is 55.0 Å². The molecule has 0 radical (unpaired) electrons. The van der Waals surface area contributed by atoms with E-state index in [1.165, 1.54) is 27.1 Å². The summed E-state index contributed by atoms with van der Waals surface area (Å²) in [7, 11) is -1.53. The number of hydrogen-bond donors (Lipinski definition) is 0. The molecule has 4 nitrogen and oxygen atoms in total. The van der Waals surface area contributed by atoms with Crippen molar-refractivity contribution < 1.29 is 4.42 Å². The highest BCUT2D eigenvalue weighted by Gasteiger charge is 2.24. The molecular weight excluding hydrogens is 434 g/mol. The van der Waals surface area contributed by atoms with Gasteiger partial charge < -0.3 is 4.42 Å². The minimum atomic E-state index is -1.53. The predicted octanol–water partition coefficient (Wildman–Crippen LogP) is 7.21. The molecule has 6 aromatic rings. The Hall–Kier alpha value is -3.57. The fourth-order valence-electron chi connectivity index (χ4n) is 5.71. The third-order valence-corrected chi connectivity index (χ3v) is 9.13. The van der Waals surface area contributed by atoms with Gasteiger partial charge in [0.1, 0.15) is 11.9 Å². The quantitative estimate of drug-likeness (QED) is 0.202. The molecule has 3 heterocycles. The van der Waals surface area contributed by atoms with Crippen molar-refractivity contribution in [3.63, 3.8) is 0 Å². The number of nitrogens with zero attached hydrogens (tertiary/aromatic N) is 3. The second-order valence-corrected chi connectivity index (χ2v) is 15.3. The van der Waals surface area contributed by atoms with E-state index in [0.717, 1.165) is 44.2 Å². The Morgan fingerprint density at radius 2 is 1.62 bits per heavy atom. The molecule has 0 N–H and O–H groups in total. The number of rotatable bonds is 2. The SMILES string of the molecule is Cc1ccc2c(n1)oc1c(-c3ncnc4c3ccc3cc(C)c([Si](C)(C)C)c(C)c34)cccc12. The third kappa shape index (κ3) is 3.00. The summed E-state index contributed by atoms with van der Waals surface area (Å²) in [6.45, 7) is 13.7. The fraction of sp³-hybridized carbons (Fsp3) is 0.207. The molecule has 0 saturated heterocycles. The summed E-state index contributed by atoms with van der Waals surface area (Å²) < 4.78 is 6.29. The van der Waals surface area contributed by atoms with E-state index in [1.807, 2.05) is 13.0 Å². The summed E-state index contributed by atoms with van der Waals surface area (Å²) in [6, 6.07) is 17.0. The second-order valence-electron chi connectivity index (χ2n) is 10.3. The van der Waals surface area contributed by atoms with Crippen LogP contribution in [0.3, 0.4) is 0 Å². The molecule has 0 amide bonds. The molecule has 0 spiro atoms. The molecule has 5 heteroatoms. The Labute approximate surface area is 199 Å². The van der Waals surface area contributed by atoms with Crippen LogP contribution in [0.1, 0.15) is 16.8 Å². The number of para-hydroxylation sites is 1. The van der Waals surface area contributed by atoms with Gasteiger partial charge in [-0.1, -0.05) is 54.7 Å². The van der Waals surface area contributed by atoms with E-state index in [2.05, 4.69) is 80.9 Å². The second kappa shape index (κ2) is 7.21. The van der Waals surface area contributed by atoms with Crippen LogP contribution in [0.15, 0.2) is 59.3 Å². The van der Waals surface area contributed by atoms with E-state index in [4.69, 9.17) is 14.4 Å². The number of pyridine rings is 1. The highest BCUT2D eigenvalue weighted by molar-refractivity contribution is 6.89. The monoisotopic (exact) mass is 461 g/mol. The standard InChI is InChI=1S/C29H27N3OSi/c1-16-14-19-11-13-22-25(30-15-31-26(22)24(19)18(3)28(16)34(4,5)6)23-9-7-8-20-21-12-10-17(2)32-29(21)33-27(20)23/h7-15H,1-6H3. The molecule has 168 valence electrons. The van der Waals surface area contributed by atoms with Crippen LogP contribution in [-0.2, 0) is 0 Å². The first kappa shape index (κ1) is 21.0. The van der Waals surface area contributed by atoms with Crippen molar-refractivity contribution >= 4 is 57.0 Å². The minimum Gasteiger partial charge on any atom is -0.437 e. The molecule has 0 saturated carbocycles. The first-order valence-electron chi connectivity index (χ1n) is 11.7. The van der Waals surface area contributed by atoms with Crippen molar-refractivity contribution in [3.8, 4) is 11.3 Å². The molecule has 0 aliphatic carbocycles. The predicted molar refractivity (Wildman–Crippen MR) is 145 cm³/mol. The van der Waals surface area contributed by atoms with Gasteiger partial charge in [-0.15, -0.1) is 0 Å². The molecule has 3 aromatic carbocycles. The van der Waals surface area contributed by atoms with Crippen molar-refractivity contribution in [2.45, 2.75) is 40.4 Å². The number of hydrogen-bond acceptors (Lipinski definition) is 4. The fourth-order valence-corrected chi connectivity index (χ4v) is 8.22. The third-order valence-electron chi connectivity index (χ3n) is 6.86. The van der Waals surface area contributed by atoms with Gasteiger partial charge in [-0.2, -0.15) is 0 Å². The Balaban J connectivity index is 1.71. The van der Waals surface area contributed by atoms with Crippen molar-refractivity contribution in [2.24, 2.45) is 0 Å². The van der Waals surface area contributed by atoms with Gasteiger partial charge >= 0.3 is 0 Å². The normalized spacial score (nSPS) is 12.4. The highest BCUT2D eigenvalue weighted by Crippen LogP contribution is 2.38. The largest absolute Gasteiger partial charge is 0.437 e. The van der Waals surface area contributed by atoms with Crippen molar-refractivity contribution in [2.75, 3.05) is 0 Å². The zero-order valence-corrected chi connectivity index (χ0v) is 21.4. The lowest BCUT2D eigenvalue weighted by molar-refractivity contribution is 0.653. The Kier molecular flexibility index (Phi) is 4.45. The van der Waals surface area contributed by atoms with E-state index in [-0.39, 0.29) is 0 Å².